The number of carbonyl (C=O) groups excluding carboxylic acids is 1. The molecule has 4 heteroatoms. The molecule has 0 aliphatic heterocycles. The molecular weight excluding hydrogens is 144 g/mol. The quantitative estimate of drug-likeness (QED) is 0.521. The van der Waals surface area contributed by atoms with E-state index in [1.165, 1.54) is 0 Å². The van der Waals surface area contributed by atoms with Crippen molar-refractivity contribution >= 4 is 6.03 Å². The standard InChI is InChI=1S/C7H14N2O2/c8-7(11)9-6-2-1-5(3-6)4-10/h5-6,10H,1-4H2,(H3,8,9,11). The van der Waals surface area contributed by atoms with Gasteiger partial charge in [0.25, 0.3) is 0 Å². The number of amides is 2. The van der Waals surface area contributed by atoms with Crippen molar-refractivity contribution in [2.75, 3.05) is 6.61 Å². The van der Waals surface area contributed by atoms with Crippen LogP contribution in [0, 0.1) is 5.92 Å². The SMILES string of the molecule is NC(=O)NC1CCC(CO)C1. The molecule has 11 heavy (non-hydrogen) atoms. The number of hydrogen-bond acceptors (Lipinski definition) is 2. The molecule has 1 aliphatic rings. The summed E-state index contributed by atoms with van der Waals surface area (Å²) < 4.78 is 0. The first-order valence-electron chi connectivity index (χ1n) is 3.89. The smallest absolute Gasteiger partial charge is 0.312 e. The van der Waals surface area contributed by atoms with E-state index in [-0.39, 0.29) is 12.6 Å². The number of nitrogens with two attached hydrogens (primary N) is 1. The molecule has 1 rings (SSSR count). The van der Waals surface area contributed by atoms with Crippen molar-refractivity contribution in [1.29, 1.82) is 0 Å². The summed E-state index contributed by atoms with van der Waals surface area (Å²) in [6.07, 6.45) is 2.79. The molecule has 1 saturated carbocycles. The second-order valence-corrected chi connectivity index (χ2v) is 3.07. The molecule has 0 aromatic carbocycles. The predicted octanol–water partition coefficient (Wildman–Crippen LogP) is -0.184. The highest BCUT2D eigenvalue weighted by atomic mass is 16.3. The zero-order chi connectivity index (χ0) is 8.27. The van der Waals surface area contributed by atoms with Crippen LogP contribution in [0.2, 0.25) is 0 Å². The zero-order valence-corrected chi connectivity index (χ0v) is 6.42. The van der Waals surface area contributed by atoms with E-state index in [4.69, 9.17) is 10.8 Å². The molecule has 4 N–H and O–H groups in total. The van der Waals surface area contributed by atoms with E-state index in [1.54, 1.807) is 0 Å². The van der Waals surface area contributed by atoms with Crippen LogP contribution in [0.25, 0.3) is 0 Å². The molecule has 2 amide bonds. The Morgan fingerprint density at radius 2 is 2.36 bits per heavy atom. The summed E-state index contributed by atoms with van der Waals surface area (Å²) in [6, 6.07) is -0.279. The number of nitrogens with one attached hydrogen (secondary N) is 1. The Balaban J connectivity index is 2.24. The lowest BCUT2D eigenvalue weighted by atomic mass is 10.1. The fourth-order valence-electron chi connectivity index (χ4n) is 1.57. The zero-order valence-electron chi connectivity index (χ0n) is 6.42. The Morgan fingerprint density at radius 3 is 2.82 bits per heavy atom. The van der Waals surface area contributed by atoms with Gasteiger partial charge in [-0.3, -0.25) is 0 Å². The number of aliphatic hydroxyl groups is 1. The molecule has 64 valence electrons. The van der Waals surface area contributed by atoms with Crippen LogP contribution < -0.4 is 11.1 Å². The number of urea groups is 1. The molecular formula is C7H14N2O2. The number of primary amides is 1. The molecule has 2 atom stereocenters. The van der Waals surface area contributed by atoms with Gasteiger partial charge in [-0.05, 0) is 25.2 Å². The minimum atomic E-state index is -0.464. The summed E-state index contributed by atoms with van der Waals surface area (Å²) in [7, 11) is 0. The highest BCUT2D eigenvalue weighted by molar-refractivity contribution is 5.71. The normalized spacial score (nSPS) is 30.3. The van der Waals surface area contributed by atoms with Gasteiger partial charge in [0.1, 0.15) is 0 Å². The van der Waals surface area contributed by atoms with Gasteiger partial charge in [-0.2, -0.15) is 0 Å². The van der Waals surface area contributed by atoms with Crippen LogP contribution in [-0.2, 0) is 0 Å². The van der Waals surface area contributed by atoms with E-state index in [1.807, 2.05) is 0 Å². The summed E-state index contributed by atoms with van der Waals surface area (Å²) in [6.45, 7) is 0.219. The maximum Gasteiger partial charge on any atom is 0.312 e. The molecule has 0 saturated heterocycles. The van der Waals surface area contributed by atoms with E-state index in [9.17, 15) is 4.79 Å². The lowest BCUT2D eigenvalue weighted by molar-refractivity contribution is 0.225. The van der Waals surface area contributed by atoms with Crippen LogP contribution in [0.3, 0.4) is 0 Å². The number of hydrogen-bond donors (Lipinski definition) is 3. The first-order chi connectivity index (χ1) is 5.22. The molecule has 1 fully saturated rings. The molecule has 1 aliphatic carbocycles. The van der Waals surface area contributed by atoms with Crippen LogP contribution in [0.4, 0.5) is 4.79 Å². The third kappa shape index (κ3) is 2.38. The molecule has 0 bridgehead atoms. The number of carbonyl (C=O) groups is 1. The third-order valence-electron chi connectivity index (χ3n) is 2.15. The van der Waals surface area contributed by atoms with Gasteiger partial charge in [-0.25, -0.2) is 4.79 Å². The lowest BCUT2D eigenvalue weighted by Crippen LogP contribution is -2.37. The second-order valence-electron chi connectivity index (χ2n) is 3.07. The monoisotopic (exact) mass is 158 g/mol. The van der Waals surface area contributed by atoms with Gasteiger partial charge in [-0.1, -0.05) is 0 Å². The number of rotatable bonds is 2. The van der Waals surface area contributed by atoms with Crippen molar-refractivity contribution in [3.8, 4) is 0 Å². The maximum atomic E-state index is 10.4. The van der Waals surface area contributed by atoms with E-state index >= 15 is 0 Å². The molecule has 0 heterocycles. The Kier molecular flexibility index (Phi) is 2.70. The molecule has 2 unspecified atom stereocenters. The van der Waals surface area contributed by atoms with E-state index in [2.05, 4.69) is 5.32 Å². The van der Waals surface area contributed by atoms with Crippen LogP contribution in [-0.4, -0.2) is 23.8 Å². The van der Waals surface area contributed by atoms with Gasteiger partial charge in [0.2, 0.25) is 0 Å². The Hall–Kier alpha value is -0.770. The van der Waals surface area contributed by atoms with E-state index in [0.717, 1.165) is 19.3 Å². The molecule has 0 aromatic heterocycles. The van der Waals surface area contributed by atoms with Gasteiger partial charge < -0.3 is 16.2 Å². The van der Waals surface area contributed by atoms with Crippen molar-refractivity contribution in [3.05, 3.63) is 0 Å². The van der Waals surface area contributed by atoms with Crippen LogP contribution in [0.5, 0.6) is 0 Å². The lowest BCUT2D eigenvalue weighted by Gasteiger charge is -2.09. The Bertz CT molecular complexity index is 149. The van der Waals surface area contributed by atoms with Crippen LogP contribution in [0.15, 0.2) is 0 Å². The summed E-state index contributed by atoms with van der Waals surface area (Å²) in [5.74, 6) is 0.354. The highest BCUT2D eigenvalue weighted by Gasteiger charge is 2.24. The van der Waals surface area contributed by atoms with Crippen molar-refractivity contribution in [3.63, 3.8) is 0 Å². The predicted molar refractivity (Wildman–Crippen MR) is 40.9 cm³/mol. The van der Waals surface area contributed by atoms with Crippen molar-refractivity contribution in [2.24, 2.45) is 11.7 Å². The summed E-state index contributed by atoms with van der Waals surface area (Å²) in [5.41, 5.74) is 4.95. The Labute approximate surface area is 65.8 Å². The molecule has 0 radical (unpaired) electrons. The molecule has 0 spiro atoms. The molecule has 4 nitrogen and oxygen atoms in total. The van der Waals surface area contributed by atoms with E-state index < -0.39 is 6.03 Å². The fourth-order valence-corrected chi connectivity index (χ4v) is 1.57. The number of aliphatic hydroxyl groups excluding tert-OH is 1. The van der Waals surface area contributed by atoms with Crippen molar-refractivity contribution < 1.29 is 9.90 Å². The summed E-state index contributed by atoms with van der Waals surface area (Å²) >= 11 is 0. The van der Waals surface area contributed by atoms with Gasteiger partial charge >= 0.3 is 6.03 Å². The fraction of sp³-hybridized carbons (Fsp3) is 0.857. The van der Waals surface area contributed by atoms with E-state index in [0.29, 0.717) is 5.92 Å². The first-order valence-corrected chi connectivity index (χ1v) is 3.89. The van der Waals surface area contributed by atoms with Gasteiger partial charge in [-0.15, -0.1) is 0 Å². The van der Waals surface area contributed by atoms with Crippen LogP contribution >= 0.6 is 0 Å². The van der Waals surface area contributed by atoms with Gasteiger partial charge in [0, 0.05) is 12.6 Å². The van der Waals surface area contributed by atoms with Crippen LogP contribution in [0.1, 0.15) is 19.3 Å². The second kappa shape index (κ2) is 3.57. The van der Waals surface area contributed by atoms with Gasteiger partial charge in [0.05, 0.1) is 0 Å². The Morgan fingerprint density at radius 1 is 1.64 bits per heavy atom. The minimum Gasteiger partial charge on any atom is -0.396 e. The maximum absolute atomic E-state index is 10.4. The third-order valence-corrected chi connectivity index (χ3v) is 2.15. The van der Waals surface area contributed by atoms with Gasteiger partial charge in [0.15, 0.2) is 0 Å². The molecule has 0 aromatic rings. The van der Waals surface area contributed by atoms with Crippen molar-refractivity contribution in [1.82, 2.24) is 5.32 Å². The summed E-state index contributed by atoms with van der Waals surface area (Å²) in [4.78, 5) is 10.4. The largest absolute Gasteiger partial charge is 0.396 e. The first kappa shape index (κ1) is 8.33. The topological polar surface area (TPSA) is 75.4 Å². The average Bonchev–Trinajstić information content (AvgIpc) is 2.34. The summed E-state index contributed by atoms with van der Waals surface area (Å²) in [5, 5.41) is 11.4. The highest BCUT2D eigenvalue weighted by Crippen LogP contribution is 2.24. The minimum absolute atomic E-state index is 0.185. The average molecular weight is 158 g/mol. The van der Waals surface area contributed by atoms with Crippen molar-refractivity contribution in [2.45, 2.75) is 25.3 Å².